The molecule has 0 amide bonds. The zero-order valence-electron chi connectivity index (χ0n) is 8.10. The van der Waals surface area contributed by atoms with E-state index in [-0.39, 0.29) is 76.0 Å². The average molecular weight is 246 g/mol. The van der Waals surface area contributed by atoms with Gasteiger partial charge in [-0.25, -0.2) is 0 Å². The Bertz CT molecular complexity index is 246. The third-order valence-corrected chi connectivity index (χ3v) is 2.37. The monoisotopic (exact) mass is 246 g/mol. The number of aliphatic carboxylic acids is 1. The summed E-state index contributed by atoms with van der Waals surface area (Å²) >= 11 is 0. The fraction of sp³-hybridized carbons (Fsp3) is 0.571. The minimum Gasteiger partial charge on any atom is -0.545 e. The number of rotatable bonds is 6. The molecule has 0 aromatic heterocycles. The Hall–Kier alpha value is 0.996. The Kier molecular flexibility index (Phi) is 10.2. The molecule has 14 heavy (non-hydrogen) atoms. The van der Waals surface area contributed by atoms with Gasteiger partial charge in [0.05, 0.1) is 5.97 Å². The van der Waals surface area contributed by atoms with Crippen LogP contribution in [0, 0.1) is 0 Å². The summed E-state index contributed by atoms with van der Waals surface area (Å²) in [4.78, 5) is 27.0. The van der Waals surface area contributed by atoms with Crippen molar-refractivity contribution >= 4 is 13.6 Å². The van der Waals surface area contributed by atoms with Crippen molar-refractivity contribution in [2.45, 2.75) is 19.3 Å². The first-order valence-electron chi connectivity index (χ1n) is 3.76. The van der Waals surface area contributed by atoms with Crippen LogP contribution in [0.1, 0.15) is 19.3 Å². The topological polar surface area (TPSA) is 97.7 Å². The molecule has 76 valence electrons. The van der Waals surface area contributed by atoms with Gasteiger partial charge in [-0.15, -0.1) is 0 Å². The van der Waals surface area contributed by atoms with E-state index in [0.717, 1.165) is 0 Å². The summed E-state index contributed by atoms with van der Waals surface area (Å²) in [6.07, 6.45) is 0.685. The van der Waals surface area contributed by atoms with Crippen molar-refractivity contribution in [1.29, 1.82) is 0 Å². The Morgan fingerprint density at radius 1 is 1.36 bits per heavy atom. The van der Waals surface area contributed by atoms with Crippen LogP contribution in [0.3, 0.4) is 0 Å². The van der Waals surface area contributed by atoms with Crippen LogP contribution in [-0.2, 0) is 9.36 Å². The molecule has 0 aromatic carbocycles. The third kappa shape index (κ3) is 11.1. The van der Waals surface area contributed by atoms with Crippen LogP contribution in [0.15, 0.2) is 12.2 Å². The van der Waals surface area contributed by atoms with E-state index in [1.54, 1.807) is 0 Å². The molecule has 0 unspecified atom stereocenters. The van der Waals surface area contributed by atoms with Crippen LogP contribution in [0.5, 0.6) is 0 Å². The molecule has 0 saturated carbocycles. The number of hydrogen-bond donors (Lipinski definition) is 2. The van der Waals surface area contributed by atoms with Crippen LogP contribution in [0.4, 0.5) is 0 Å². The molecule has 0 heterocycles. The molecule has 0 aliphatic heterocycles. The van der Waals surface area contributed by atoms with E-state index in [1.165, 1.54) is 0 Å². The number of carboxylic acids is 1. The first-order valence-corrected chi connectivity index (χ1v) is 5.56. The second-order valence-corrected chi connectivity index (χ2v) is 4.51. The van der Waals surface area contributed by atoms with Gasteiger partial charge in [-0.1, -0.05) is 6.58 Å². The van der Waals surface area contributed by atoms with Gasteiger partial charge in [0, 0.05) is 6.16 Å². The third-order valence-electron chi connectivity index (χ3n) is 1.47. The molecular formula is C7H12KO5P. The minimum atomic E-state index is -3.94. The van der Waals surface area contributed by atoms with Crippen LogP contribution in [0.25, 0.3) is 0 Å². The fourth-order valence-electron chi connectivity index (χ4n) is 0.758. The molecule has 0 atom stereocenters. The van der Waals surface area contributed by atoms with Gasteiger partial charge in [-0.2, -0.15) is 0 Å². The molecule has 5 nitrogen and oxygen atoms in total. The molecule has 2 N–H and O–H groups in total. The number of carboxylic acid groups (broad SMARTS) is 1. The van der Waals surface area contributed by atoms with Crippen LogP contribution < -0.4 is 56.5 Å². The van der Waals surface area contributed by atoms with Crippen LogP contribution in [-0.4, -0.2) is 21.9 Å². The Balaban J connectivity index is 0. The smallest absolute Gasteiger partial charge is 0.545 e. The van der Waals surface area contributed by atoms with E-state index in [1.807, 2.05) is 0 Å². The molecular weight excluding hydrogens is 234 g/mol. The van der Waals surface area contributed by atoms with Gasteiger partial charge in [0.1, 0.15) is 0 Å². The second kappa shape index (κ2) is 8.18. The summed E-state index contributed by atoms with van der Waals surface area (Å²) in [7, 11) is -3.94. The van der Waals surface area contributed by atoms with Gasteiger partial charge in [0.2, 0.25) is 0 Å². The predicted octanol–water partition coefficient (Wildman–Crippen LogP) is -3.36. The molecule has 0 aliphatic rings. The molecule has 0 spiro atoms. The van der Waals surface area contributed by atoms with Crippen molar-refractivity contribution in [1.82, 2.24) is 0 Å². The first-order chi connectivity index (χ1) is 5.83. The summed E-state index contributed by atoms with van der Waals surface area (Å²) in [5.74, 6) is -1.31. The Labute approximate surface area is 125 Å². The maximum absolute atomic E-state index is 10.4. The summed E-state index contributed by atoms with van der Waals surface area (Å²) in [5.41, 5.74) is -0.0364. The standard InChI is InChI=1S/C7H13O5P.K/c1-6(7(8)9)4-2-3-5-13(10,11)12;/h1-5H2,(H,8,9)(H2,10,11,12);/q;+1/p-1. The largest absolute Gasteiger partial charge is 1.00 e. The number of carbonyl (C=O) groups excluding carboxylic acids is 1. The van der Waals surface area contributed by atoms with Crippen molar-refractivity contribution < 1.29 is 75.6 Å². The second-order valence-electron chi connectivity index (χ2n) is 2.74. The molecule has 0 radical (unpaired) electrons. The maximum atomic E-state index is 10.4. The molecule has 0 aromatic rings. The van der Waals surface area contributed by atoms with E-state index in [9.17, 15) is 14.5 Å². The van der Waals surface area contributed by atoms with E-state index in [4.69, 9.17) is 9.79 Å². The zero-order chi connectivity index (χ0) is 10.5. The van der Waals surface area contributed by atoms with E-state index < -0.39 is 13.6 Å². The van der Waals surface area contributed by atoms with Crippen molar-refractivity contribution in [3.8, 4) is 0 Å². The summed E-state index contributed by atoms with van der Waals surface area (Å²) < 4.78 is 10.4. The molecule has 0 bridgehead atoms. The normalized spacial score (nSPS) is 10.4. The minimum absolute atomic E-state index is 0. The van der Waals surface area contributed by atoms with Gasteiger partial charge < -0.3 is 19.7 Å². The quantitative estimate of drug-likeness (QED) is 0.221. The summed E-state index contributed by atoms with van der Waals surface area (Å²) in [5, 5.41) is 10.1. The maximum Gasteiger partial charge on any atom is 1.00 e. The molecule has 7 heteroatoms. The molecule has 0 fully saturated rings. The zero-order valence-corrected chi connectivity index (χ0v) is 12.1. The Morgan fingerprint density at radius 2 is 1.86 bits per heavy atom. The molecule has 0 aliphatic carbocycles. The van der Waals surface area contributed by atoms with Gasteiger partial charge >= 0.3 is 59.0 Å². The van der Waals surface area contributed by atoms with Crippen LogP contribution in [0.2, 0.25) is 0 Å². The average Bonchev–Trinajstić information content (AvgIpc) is 1.95. The summed E-state index contributed by atoms with van der Waals surface area (Å²) in [6.45, 7) is 3.23. The van der Waals surface area contributed by atoms with Crippen molar-refractivity contribution in [3.63, 3.8) is 0 Å². The first kappa shape index (κ1) is 17.4. The fourth-order valence-corrected chi connectivity index (χ4v) is 1.39. The van der Waals surface area contributed by atoms with Gasteiger partial charge in [0.25, 0.3) is 0 Å². The number of unbranched alkanes of at least 4 members (excludes halogenated alkanes) is 1. The molecule has 0 saturated heterocycles. The van der Waals surface area contributed by atoms with Crippen molar-refractivity contribution in [2.75, 3.05) is 6.16 Å². The van der Waals surface area contributed by atoms with E-state index in [2.05, 4.69) is 6.58 Å². The van der Waals surface area contributed by atoms with Crippen molar-refractivity contribution in [2.24, 2.45) is 0 Å². The van der Waals surface area contributed by atoms with E-state index >= 15 is 0 Å². The van der Waals surface area contributed by atoms with Gasteiger partial charge in [-0.05, 0) is 24.8 Å². The summed E-state index contributed by atoms with van der Waals surface area (Å²) in [6, 6.07) is 0. The Morgan fingerprint density at radius 3 is 2.21 bits per heavy atom. The van der Waals surface area contributed by atoms with Gasteiger partial charge in [-0.3, -0.25) is 4.57 Å². The SMILES string of the molecule is C=C(CCCCP(=O)(O)O)C(=O)[O-].[K+]. The van der Waals surface area contributed by atoms with E-state index in [0.29, 0.717) is 6.42 Å². The number of carbonyl (C=O) groups is 1. The number of hydrogen-bond acceptors (Lipinski definition) is 3. The van der Waals surface area contributed by atoms with Gasteiger partial charge in [0.15, 0.2) is 0 Å². The van der Waals surface area contributed by atoms with Crippen molar-refractivity contribution in [3.05, 3.63) is 12.2 Å². The molecule has 0 rings (SSSR count). The predicted molar refractivity (Wildman–Crippen MR) is 44.9 cm³/mol. The van der Waals surface area contributed by atoms with Crippen LogP contribution >= 0.6 is 7.60 Å².